The standard InChI is InChI=1S/C16H19NO2S/c1-2-12-5-7-13(8-6-12)11-17-14(10-16(18)19)15-4-3-9-20-15/h3-9,14,17H,2,10-11H2,1H3,(H,18,19). The lowest BCUT2D eigenvalue weighted by atomic mass is 10.1. The first kappa shape index (κ1) is 14.8. The van der Waals surface area contributed by atoms with Crippen LogP contribution in [0.5, 0.6) is 0 Å². The van der Waals surface area contributed by atoms with Gasteiger partial charge in [0, 0.05) is 11.4 Å². The van der Waals surface area contributed by atoms with Crippen molar-refractivity contribution >= 4 is 17.3 Å². The molecule has 0 amide bonds. The van der Waals surface area contributed by atoms with Gasteiger partial charge < -0.3 is 10.4 Å². The van der Waals surface area contributed by atoms with Crippen LogP contribution in [0.1, 0.15) is 35.4 Å². The van der Waals surface area contributed by atoms with Gasteiger partial charge in [0.05, 0.1) is 12.5 Å². The number of thiophene rings is 1. The normalized spacial score (nSPS) is 12.2. The molecule has 20 heavy (non-hydrogen) atoms. The third-order valence-electron chi connectivity index (χ3n) is 3.25. The Morgan fingerprint density at radius 1 is 1.25 bits per heavy atom. The number of carbonyl (C=O) groups is 1. The molecule has 1 aromatic carbocycles. The zero-order valence-corrected chi connectivity index (χ0v) is 12.3. The summed E-state index contributed by atoms with van der Waals surface area (Å²) in [4.78, 5) is 12.0. The second-order valence-corrected chi connectivity index (χ2v) is 5.70. The lowest BCUT2D eigenvalue weighted by Crippen LogP contribution is -2.22. The first-order valence-electron chi connectivity index (χ1n) is 6.75. The first-order valence-corrected chi connectivity index (χ1v) is 7.63. The molecule has 1 atom stereocenters. The predicted octanol–water partition coefficient (Wildman–Crippen LogP) is 3.62. The molecule has 0 aliphatic heterocycles. The van der Waals surface area contributed by atoms with Gasteiger partial charge in [0.15, 0.2) is 0 Å². The van der Waals surface area contributed by atoms with E-state index in [9.17, 15) is 4.79 Å². The zero-order valence-electron chi connectivity index (χ0n) is 11.5. The molecule has 106 valence electrons. The molecule has 0 bridgehead atoms. The SMILES string of the molecule is CCc1ccc(CNC(CC(=O)O)c2cccs2)cc1. The molecule has 1 heterocycles. The van der Waals surface area contributed by atoms with E-state index in [-0.39, 0.29) is 12.5 Å². The van der Waals surface area contributed by atoms with Crippen molar-refractivity contribution in [2.75, 3.05) is 0 Å². The van der Waals surface area contributed by atoms with Gasteiger partial charge in [-0.15, -0.1) is 11.3 Å². The summed E-state index contributed by atoms with van der Waals surface area (Å²) < 4.78 is 0. The number of aryl methyl sites for hydroxylation is 1. The molecule has 0 saturated heterocycles. The van der Waals surface area contributed by atoms with E-state index in [4.69, 9.17) is 5.11 Å². The van der Waals surface area contributed by atoms with Gasteiger partial charge in [-0.2, -0.15) is 0 Å². The topological polar surface area (TPSA) is 49.3 Å². The summed E-state index contributed by atoms with van der Waals surface area (Å²) in [5.74, 6) is -0.780. The zero-order chi connectivity index (χ0) is 14.4. The molecule has 0 spiro atoms. The number of carboxylic acids is 1. The molecular formula is C16H19NO2S. The van der Waals surface area contributed by atoms with Crippen LogP contribution < -0.4 is 5.32 Å². The number of aliphatic carboxylic acids is 1. The van der Waals surface area contributed by atoms with Crippen LogP contribution in [0.2, 0.25) is 0 Å². The van der Waals surface area contributed by atoms with Crippen molar-refractivity contribution in [2.24, 2.45) is 0 Å². The summed E-state index contributed by atoms with van der Waals surface area (Å²) in [7, 11) is 0. The van der Waals surface area contributed by atoms with Gasteiger partial charge in [0.1, 0.15) is 0 Å². The summed E-state index contributed by atoms with van der Waals surface area (Å²) >= 11 is 1.59. The number of nitrogens with one attached hydrogen (secondary N) is 1. The van der Waals surface area contributed by atoms with Gasteiger partial charge in [-0.3, -0.25) is 4.79 Å². The molecule has 0 aliphatic carbocycles. The number of hydrogen-bond donors (Lipinski definition) is 2. The number of rotatable bonds is 7. The minimum atomic E-state index is -0.780. The maximum absolute atomic E-state index is 11.0. The molecule has 4 heteroatoms. The van der Waals surface area contributed by atoms with E-state index in [2.05, 4.69) is 36.5 Å². The molecule has 1 aromatic heterocycles. The van der Waals surface area contributed by atoms with Crippen LogP contribution in [-0.4, -0.2) is 11.1 Å². The Hall–Kier alpha value is -1.65. The van der Waals surface area contributed by atoms with Gasteiger partial charge in [-0.25, -0.2) is 0 Å². The van der Waals surface area contributed by atoms with Crippen LogP contribution >= 0.6 is 11.3 Å². The van der Waals surface area contributed by atoms with Crippen molar-refractivity contribution in [3.63, 3.8) is 0 Å². The first-order chi connectivity index (χ1) is 9.69. The van der Waals surface area contributed by atoms with E-state index >= 15 is 0 Å². The van der Waals surface area contributed by atoms with Crippen LogP contribution in [0.15, 0.2) is 41.8 Å². The third kappa shape index (κ3) is 4.18. The fraction of sp³-hybridized carbons (Fsp3) is 0.312. The molecule has 0 fully saturated rings. The number of benzene rings is 1. The van der Waals surface area contributed by atoms with Gasteiger partial charge in [0.25, 0.3) is 0 Å². The number of hydrogen-bond acceptors (Lipinski definition) is 3. The second-order valence-electron chi connectivity index (χ2n) is 4.72. The average molecular weight is 289 g/mol. The molecule has 3 nitrogen and oxygen atoms in total. The summed E-state index contributed by atoms with van der Waals surface area (Å²) in [6, 6.07) is 12.2. The van der Waals surface area contributed by atoms with Crippen molar-refractivity contribution in [3.05, 3.63) is 57.8 Å². The molecule has 0 aliphatic rings. The molecule has 1 unspecified atom stereocenters. The van der Waals surface area contributed by atoms with Crippen LogP contribution in [0.4, 0.5) is 0 Å². The highest BCUT2D eigenvalue weighted by Crippen LogP contribution is 2.22. The Kier molecular flexibility index (Phi) is 5.32. The fourth-order valence-corrected chi connectivity index (χ4v) is 2.87. The lowest BCUT2D eigenvalue weighted by Gasteiger charge is -2.15. The second kappa shape index (κ2) is 7.22. The summed E-state index contributed by atoms with van der Waals surface area (Å²) in [5.41, 5.74) is 2.49. The third-order valence-corrected chi connectivity index (χ3v) is 4.24. The molecule has 0 radical (unpaired) electrons. The Morgan fingerprint density at radius 2 is 1.95 bits per heavy atom. The van der Waals surface area contributed by atoms with Crippen molar-refractivity contribution in [3.8, 4) is 0 Å². The maximum Gasteiger partial charge on any atom is 0.305 e. The van der Waals surface area contributed by atoms with Crippen LogP contribution in [0, 0.1) is 0 Å². The Morgan fingerprint density at radius 3 is 2.50 bits per heavy atom. The number of carboxylic acid groups (broad SMARTS) is 1. The van der Waals surface area contributed by atoms with E-state index in [1.807, 2.05) is 17.5 Å². The highest BCUT2D eigenvalue weighted by Gasteiger charge is 2.15. The van der Waals surface area contributed by atoms with Crippen molar-refractivity contribution in [1.82, 2.24) is 5.32 Å². The van der Waals surface area contributed by atoms with Crippen LogP contribution in [0.3, 0.4) is 0 Å². The van der Waals surface area contributed by atoms with Crippen molar-refractivity contribution in [2.45, 2.75) is 32.4 Å². The van der Waals surface area contributed by atoms with Crippen LogP contribution in [0.25, 0.3) is 0 Å². The minimum Gasteiger partial charge on any atom is -0.481 e. The maximum atomic E-state index is 11.0. The van der Waals surface area contributed by atoms with E-state index < -0.39 is 5.97 Å². The van der Waals surface area contributed by atoms with E-state index in [1.165, 1.54) is 11.1 Å². The largest absolute Gasteiger partial charge is 0.481 e. The van der Waals surface area contributed by atoms with E-state index in [0.29, 0.717) is 6.54 Å². The smallest absolute Gasteiger partial charge is 0.305 e. The minimum absolute atomic E-state index is 0.105. The Bertz CT molecular complexity index is 534. The Balaban J connectivity index is 1.99. The monoisotopic (exact) mass is 289 g/mol. The predicted molar refractivity (Wildman–Crippen MR) is 82.0 cm³/mol. The van der Waals surface area contributed by atoms with Crippen LogP contribution in [-0.2, 0) is 17.8 Å². The highest BCUT2D eigenvalue weighted by atomic mass is 32.1. The van der Waals surface area contributed by atoms with Crippen molar-refractivity contribution in [1.29, 1.82) is 0 Å². The summed E-state index contributed by atoms with van der Waals surface area (Å²) in [6.07, 6.45) is 1.14. The fourth-order valence-electron chi connectivity index (χ4n) is 2.07. The van der Waals surface area contributed by atoms with E-state index in [0.717, 1.165) is 11.3 Å². The molecular weight excluding hydrogens is 270 g/mol. The van der Waals surface area contributed by atoms with Crippen molar-refractivity contribution < 1.29 is 9.90 Å². The van der Waals surface area contributed by atoms with Gasteiger partial charge in [0.2, 0.25) is 0 Å². The lowest BCUT2D eigenvalue weighted by molar-refractivity contribution is -0.137. The van der Waals surface area contributed by atoms with Gasteiger partial charge in [-0.1, -0.05) is 37.3 Å². The quantitative estimate of drug-likeness (QED) is 0.818. The average Bonchev–Trinajstić information content (AvgIpc) is 2.97. The van der Waals surface area contributed by atoms with E-state index in [1.54, 1.807) is 11.3 Å². The van der Waals surface area contributed by atoms with Gasteiger partial charge >= 0.3 is 5.97 Å². The van der Waals surface area contributed by atoms with Gasteiger partial charge in [-0.05, 0) is 29.0 Å². The molecule has 2 N–H and O–H groups in total. The molecule has 2 rings (SSSR count). The molecule has 0 saturated carbocycles. The Labute approximate surface area is 123 Å². The highest BCUT2D eigenvalue weighted by molar-refractivity contribution is 7.10. The molecule has 2 aromatic rings. The summed E-state index contributed by atoms with van der Waals surface area (Å²) in [5, 5.41) is 14.3. The summed E-state index contributed by atoms with van der Waals surface area (Å²) in [6.45, 7) is 2.81.